The second-order valence-electron chi connectivity index (χ2n) is 32.2. The van der Waals surface area contributed by atoms with Crippen LogP contribution in [0.25, 0.3) is 122 Å². The van der Waals surface area contributed by atoms with E-state index in [4.69, 9.17) is 4.11 Å². The molecule has 0 unspecified atom stereocenters. The first-order valence-electron chi connectivity index (χ1n) is 39.9. The minimum atomic E-state index is -0.447. The van der Waals surface area contributed by atoms with Gasteiger partial charge in [-0.25, -0.2) is 0 Å². The molecule has 4 nitrogen and oxygen atoms in total. The molecule has 2 aromatic heterocycles. The minimum absolute atomic E-state index is 0.138. The van der Waals surface area contributed by atoms with Crippen molar-refractivity contribution >= 4 is 101 Å². The maximum absolute atomic E-state index is 9.64. The molecular formula is C102H83BN4. The molecule has 2 aliphatic rings. The van der Waals surface area contributed by atoms with Gasteiger partial charge in [0.1, 0.15) is 0 Å². The van der Waals surface area contributed by atoms with Gasteiger partial charge in [-0.2, -0.15) is 0 Å². The number of para-hydroxylation sites is 3. The summed E-state index contributed by atoms with van der Waals surface area (Å²) >= 11 is 0. The van der Waals surface area contributed by atoms with Crippen LogP contribution in [-0.2, 0) is 16.2 Å². The van der Waals surface area contributed by atoms with Gasteiger partial charge in [0.05, 0.1) is 34.6 Å². The van der Waals surface area contributed by atoms with Gasteiger partial charge in [-0.05, 0) is 202 Å². The summed E-state index contributed by atoms with van der Waals surface area (Å²) in [6.45, 7) is 20.4. The molecular weight excluding hydrogens is 1290 g/mol. The monoisotopic (exact) mass is 1380 g/mol. The zero-order valence-electron chi connectivity index (χ0n) is 66.8. The summed E-state index contributed by atoms with van der Waals surface area (Å²) in [6, 6.07) is 112. The second kappa shape index (κ2) is 25.1. The molecule has 514 valence electrons. The van der Waals surface area contributed by atoms with E-state index in [1.807, 2.05) is 6.07 Å². The number of benzene rings is 15. The first-order valence-corrected chi connectivity index (χ1v) is 37.4. The van der Waals surface area contributed by atoms with Crippen LogP contribution in [0.4, 0.5) is 34.1 Å². The topological polar surface area (TPSA) is 16.3 Å². The van der Waals surface area contributed by atoms with Crippen molar-refractivity contribution in [3.05, 3.63) is 356 Å². The van der Waals surface area contributed by atoms with Crippen molar-refractivity contribution < 1.29 is 6.85 Å². The quantitative estimate of drug-likeness (QED) is 0.127. The predicted molar refractivity (Wildman–Crippen MR) is 458 cm³/mol. The third kappa shape index (κ3) is 11.1. The Kier molecular flexibility index (Phi) is 14.1. The lowest BCUT2D eigenvalue weighted by Crippen LogP contribution is -2.61. The van der Waals surface area contributed by atoms with Gasteiger partial charge in [-0.15, -0.1) is 0 Å². The Morgan fingerprint density at radius 1 is 0.262 bits per heavy atom. The molecule has 5 heteroatoms. The van der Waals surface area contributed by atoms with Crippen LogP contribution >= 0.6 is 0 Å². The van der Waals surface area contributed by atoms with Gasteiger partial charge in [0.25, 0.3) is 6.71 Å². The summed E-state index contributed by atoms with van der Waals surface area (Å²) in [5, 5.41) is 4.70. The SMILES string of the molecule is [2H]c1c([2H])c([2H])c(-c2ccc3c(c2)N(c2cc(-c4ccccc4)cc(-c4ccccc4)c2)c2cc(-c4cc(C(C)(C)C)cc(C(C)(C)C)c4)cc4c2B3c2ccc(-n3c5ccccc5c5cc(-n6c7ccccc7c7ccccc76)ccc53)cc2N4c2c(-c3ccccc3)cc(C(C)(C)C)cc2-c2ccccc2)c([2H])c1[2H]. The number of hydrogen-bond donors (Lipinski definition) is 0. The van der Waals surface area contributed by atoms with Crippen molar-refractivity contribution in [2.45, 2.75) is 78.6 Å². The van der Waals surface area contributed by atoms with Gasteiger partial charge in [0.2, 0.25) is 0 Å². The minimum Gasteiger partial charge on any atom is -0.311 e. The highest BCUT2D eigenvalue weighted by Crippen LogP contribution is 2.54. The fourth-order valence-electron chi connectivity index (χ4n) is 16.9. The van der Waals surface area contributed by atoms with E-state index in [-0.39, 0.29) is 46.0 Å². The zero-order chi connectivity index (χ0) is 77.0. The lowest BCUT2D eigenvalue weighted by Gasteiger charge is -2.45. The van der Waals surface area contributed by atoms with E-state index in [9.17, 15) is 2.74 Å². The standard InChI is InChI=1S/C102H83BN4/c1-100(2,3)76-54-74(55-77(61-76)101(4,5)6)75-59-96-98-97(60-75)107(99-85(69-37-21-13-22-38-69)62-78(102(7,8)9)63-86(99)70-39-23-14-24-40-70)95-65-80(105-92-46-30-27-43-84(92)87-64-79(49-52-93(87)105)104-90-44-28-25-41-82(90)83-42-26-29-45-91(83)104)48-51-89(95)103(98)88-50-47-71(66-31-15-10-16-32-66)58-94(88)106(96)81-56-72(67-33-17-11-18-34-67)53-73(57-81)68-35-19-12-20-36-68/h10-65H,1-9H3/i10D,15D,16D,31D,32D. The third-order valence-electron chi connectivity index (χ3n) is 22.4. The number of aromatic nitrogens is 2. The van der Waals surface area contributed by atoms with Gasteiger partial charge in [0.15, 0.2) is 0 Å². The maximum atomic E-state index is 9.64. The Labute approximate surface area is 635 Å². The van der Waals surface area contributed by atoms with Crippen LogP contribution < -0.4 is 26.2 Å². The van der Waals surface area contributed by atoms with Crippen molar-refractivity contribution in [2.75, 3.05) is 9.80 Å². The molecule has 0 spiro atoms. The summed E-state index contributed by atoms with van der Waals surface area (Å²) in [7, 11) is 0. The lowest BCUT2D eigenvalue weighted by molar-refractivity contribution is 0.569. The summed E-state index contributed by atoms with van der Waals surface area (Å²) < 4.78 is 51.3. The van der Waals surface area contributed by atoms with Crippen LogP contribution in [0.15, 0.2) is 340 Å². The number of hydrogen-bond acceptors (Lipinski definition) is 2. The fraction of sp³-hybridized carbons (Fsp3) is 0.118. The molecule has 0 radical (unpaired) electrons. The molecule has 17 aromatic rings. The summed E-state index contributed by atoms with van der Waals surface area (Å²) in [5.41, 5.74) is 29.5. The Balaban J connectivity index is 0.982. The Bertz CT molecular complexity index is 6470. The average Bonchev–Trinajstić information content (AvgIpc) is 0.784. The first kappa shape index (κ1) is 59.9. The zero-order valence-corrected chi connectivity index (χ0v) is 61.8. The van der Waals surface area contributed by atoms with Crippen molar-refractivity contribution in [3.8, 4) is 78.1 Å². The van der Waals surface area contributed by atoms with E-state index in [2.05, 4.69) is 385 Å². The van der Waals surface area contributed by atoms with Gasteiger partial charge in [0, 0.05) is 72.5 Å². The van der Waals surface area contributed by atoms with Gasteiger partial charge < -0.3 is 18.9 Å². The van der Waals surface area contributed by atoms with Crippen LogP contribution in [0.2, 0.25) is 0 Å². The molecule has 0 saturated carbocycles. The van der Waals surface area contributed by atoms with E-state index >= 15 is 0 Å². The van der Waals surface area contributed by atoms with Crippen LogP contribution in [0, 0.1) is 0 Å². The highest BCUT2D eigenvalue weighted by atomic mass is 15.2. The molecule has 19 rings (SSSR count). The third-order valence-corrected chi connectivity index (χ3v) is 22.4. The highest BCUT2D eigenvalue weighted by Gasteiger charge is 2.46. The van der Waals surface area contributed by atoms with E-state index in [1.165, 1.54) is 27.5 Å². The van der Waals surface area contributed by atoms with Gasteiger partial charge in [-0.1, -0.05) is 305 Å². The number of fused-ring (bicyclic) bond motifs is 10. The second-order valence-corrected chi connectivity index (χ2v) is 32.2. The molecule has 0 saturated heterocycles. The Morgan fingerprint density at radius 3 is 1.17 bits per heavy atom. The first-order chi connectivity index (χ1) is 54.0. The predicted octanol–water partition coefficient (Wildman–Crippen LogP) is 25.9. The van der Waals surface area contributed by atoms with Crippen molar-refractivity contribution in [3.63, 3.8) is 0 Å². The largest absolute Gasteiger partial charge is 0.311 e. The van der Waals surface area contributed by atoms with Crippen molar-refractivity contribution in [2.24, 2.45) is 0 Å². The van der Waals surface area contributed by atoms with E-state index < -0.39 is 12.8 Å². The van der Waals surface area contributed by atoms with Gasteiger partial charge in [-0.3, -0.25) is 0 Å². The van der Waals surface area contributed by atoms with E-state index in [0.29, 0.717) is 5.56 Å². The van der Waals surface area contributed by atoms with Crippen LogP contribution in [0.5, 0.6) is 0 Å². The van der Waals surface area contributed by atoms with Crippen LogP contribution in [0.3, 0.4) is 0 Å². The fourth-order valence-corrected chi connectivity index (χ4v) is 16.9. The molecule has 0 atom stereocenters. The van der Waals surface area contributed by atoms with Gasteiger partial charge >= 0.3 is 0 Å². The molecule has 0 fully saturated rings. The Hall–Kier alpha value is -12.4. The average molecular weight is 1380 g/mol. The normalized spacial score (nSPS) is 13.5. The van der Waals surface area contributed by atoms with Crippen molar-refractivity contribution in [1.29, 1.82) is 0 Å². The number of anilines is 6. The maximum Gasteiger partial charge on any atom is 0.252 e. The molecule has 107 heavy (non-hydrogen) atoms. The van der Waals surface area contributed by atoms with E-state index in [0.717, 1.165) is 150 Å². The Morgan fingerprint density at radius 2 is 0.654 bits per heavy atom. The van der Waals surface area contributed by atoms with E-state index in [1.54, 1.807) is 0 Å². The molecule has 0 N–H and O–H groups in total. The molecule has 4 heterocycles. The smallest absolute Gasteiger partial charge is 0.252 e. The summed E-state index contributed by atoms with van der Waals surface area (Å²) in [6.07, 6.45) is 0. The summed E-state index contributed by atoms with van der Waals surface area (Å²) in [5.74, 6) is 0. The molecule has 0 amide bonds. The molecule has 0 aliphatic carbocycles. The number of nitrogens with zero attached hydrogens (tertiary/aromatic N) is 4. The molecule has 15 aromatic carbocycles. The summed E-state index contributed by atoms with van der Waals surface area (Å²) in [4.78, 5) is 5.08. The highest BCUT2D eigenvalue weighted by molar-refractivity contribution is 7.00. The van der Waals surface area contributed by atoms with Crippen LogP contribution in [0.1, 0.15) is 85.9 Å². The lowest BCUT2D eigenvalue weighted by atomic mass is 9.33. The molecule has 2 aliphatic heterocycles. The van der Waals surface area contributed by atoms with Crippen LogP contribution in [-0.4, -0.2) is 15.8 Å². The molecule has 0 bridgehead atoms. The number of rotatable bonds is 10. The van der Waals surface area contributed by atoms with Crippen molar-refractivity contribution in [1.82, 2.24) is 9.13 Å².